The molecule has 23 heavy (non-hydrogen) atoms. The third-order valence-electron chi connectivity index (χ3n) is 3.59. The quantitative estimate of drug-likeness (QED) is 0.655. The normalized spacial score (nSPS) is 10.4. The maximum atomic E-state index is 12.4. The predicted octanol–water partition coefficient (Wildman–Crippen LogP) is 3.38. The van der Waals surface area contributed by atoms with Crippen LogP contribution in [0.25, 0.3) is 0 Å². The summed E-state index contributed by atoms with van der Waals surface area (Å²) in [5.41, 5.74) is 3.17. The van der Waals surface area contributed by atoms with Crippen molar-refractivity contribution < 1.29 is 19.1 Å². The maximum Gasteiger partial charge on any atom is 0.355 e. The molecular formula is C18H21NO4. The molecular weight excluding hydrogens is 294 g/mol. The lowest BCUT2D eigenvalue weighted by atomic mass is 10.1. The number of ketones is 1. The summed E-state index contributed by atoms with van der Waals surface area (Å²) in [5, 5.41) is 0. The molecule has 1 aromatic heterocycles. The lowest BCUT2D eigenvalue weighted by Gasteiger charge is -2.06. The molecule has 0 unspecified atom stereocenters. The zero-order valence-corrected chi connectivity index (χ0v) is 13.9. The third kappa shape index (κ3) is 3.80. The van der Waals surface area contributed by atoms with Gasteiger partial charge in [-0.1, -0.05) is 17.7 Å². The van der Waals surface area contributed by atoms with Crippen LogP contribution in [0.5, 0.6) is 5.75 Å². The average molecular weight is 315 g/mol. The summed E-state index contributed by atoms with van der Waals surface area (Å²) in [7, 11) is 0. The van der Waals surface area contributed by atoms with Crippen LogP contribution in [-0.2, 0) is 4.74 Å². The molecule has 0 saturated heterocycles. The van der Waals surface area contributed by atoms with Crippen LogP contribution >= 0.6 is 0 Å². The fourth-order valence-corrected chi connectivity index (χ4v) is 2.43. The van der Waals surface area contributed by atoms with Crippen molar-refractivity contribution in [3.05, 3.63) is 52.3 Å². The van der Waals surface area contributed by atoms with Gasteiger partial charge < -0.3 is 14.5 Å². The summed E-state index contributed by atoms with van der Waals surface area (Å²) < 4.78 is 10.5. The second kappa shape index (κ2) is 7.13. The first-order valence-corrected chi connectivity index (χ1v) is 7.53. The Labute approximate surface area is 135 Å². The number of rotatable bonds is 6. The van der Waals surface area contributed by atoms with Gasteiger partial charge in [-0.25, -0.2) is 4.79 Å². The van der Waals surface area contributed by atoms with E-state index in [-0.39, 0.29) is 19.0 Å². The number of aryl methyl sites for hydroxylation is 2. The molecule has 1 heterocycles. The first-order chi connectivity index (χ1) is 10.9. The van der Waals surface area contributed by atoms with Crippen molar-refractivity contribution >= 4 is 11.8 Å². The van der Waals surface area contributed by atoms with Gasteiger partial charge in [0.05, 0.1) is 6.61 Å². The highest BCUT2D eigenvalue weighted by Gasteiger charge is 2.22. The largest absolute Gasteiger partial charge is 0.485 e. The zero-order valence-electron chi connectivity index (χ0n) is 13.9. The van der Waals surface area contributed by atoms with Gasteiger partial charge in [0.15, 0.2) is 6.61 Å². The number of carbonyl (C=O) groups is 2. The first-order valence-electron chi connectivity index (χ1n) is 7.53. The summed E-state index contributed by atoms with van der Waals surface area (Å²) in [6, 6.07) is 7.49. The zero-order chi connectivity index (χ0) is 17.0. The van der Waals surface area contributed by atoms with E-state index in [1.807, 2.05) is 31.2 Å². The average Bonchev–Trinajstić information content (AvgIpc) is 2.82. The SMILES string of the molecule is CCOC(=O)c1[nH]c(C)c(C(=O)COc2ccc(C)cc2)c1C. The van der Waals surface area contributed by atoms with Crippen molar-refractivity contribution in [2.45, 2.75) is 27.7 Å². The summed E-state index contributed by atoms with van der Waals surface area (Å²) >= 11 is 0. The molecule has 0 aliphatic rings. The highest BCUT2D eigenvalue weighted by molar-refractivity contribution is 6.03. The minimum Gasteiger partial charge on any atom is -0.485 e. The van der Waals surface area contributed by atoms with E-state index in [2.05, 4.69) is 4.98 Å². The second-order valence-corrected chi connectivity index (χ2v) is 5.37. The fraction of sp³-hybridized carbons (Fsp3) is 0.333. The van der Waals surface area contributed by atoms with Crippen molar-refractivity contribution in [3.8, 4) is 5.75 Å². The number of esters is 1. The second-order valence-electron chi connectivity index (χ2n) is 5.37. The molecule has 1 aromatic carbocycles. The number of benzene rings is 1. The van der Waals surface area contributed by atoms with Crippen LogP contribution in [0.2, 0.25) is 0 Å². The molecule has 2 aromatic rings. The van der Waals surface area contributed by atoms with Gasteiger partial charge in [0.2, 0.25) is 5.78 Å². The summed E-state index contributed by atoms with van der Waals surface area (Å²) in [6.07, 6.45) is 0. The van der Waals surface area contributed by atoms with Gasteiger partial charge in [-0.05, 0) is 45.4 Å². The summed E-state index contributed by atoms with van der Waals surface area (Å²) in [4.78, 5) is 27.2. The fourth-order valence-electron chi connectivity index (χ4n) is 2.43. The molecule has 122 valence electrons. The van der Waals surface area contributed by atoms with Crippen molar-refractivity contribution in [2.24, 2.45) is 0 Å². The number of Topliss-reactive ketones (excluding diaryl/α,β-unsaturated/α-hetero) is 1. The molecule has 0 bridgehead atoms. The maximum absolute atomic E-state index is 12.4. The number of carbonyl (C=O) groups excluding carboxylic acids is 2. The number of hydrogen-bond donors (Lipinski definition) is 1. The number of nitrogens with one attached hydrogen (secondary N) is 1. The van der Waals surface area contributed by atoms with Gasteiger partial charge in [-0.3, -0.25) is 4.79 Å². The van der Waals surface area contributed by atoms with E-state index in [4.69, 9.17) is 9.47 Å². The van der Waals surface area contributed by atoms with Gasteiger partial charge in [0.25, 0.3) is 0 Å². The lowest BCUT2D eigenvalue weighted by Crippen LogP contribution is -2.13. The van der Waals surface area contributed by atoms with Crippen LogP contribution in [0.15, 0.2) is 24.3 Å². The van der Waals surface area contributed by atoms with E-state index >= 15 is 0 Å². The Morgan fingerprint density at radius 1 is 1.09 bits per heavy atom. The van der Waals surface area contributed by atoms with Crippen molar-refractivity contribution in [3.63, 3.8) is 0 Å². The minimum atomic E-state index is -0.452. The molecule has 0 atom stereocenters. The van der Waals surface area contributed by atoms with E-state index in [0.29, 0.717) is 28.3 Å². The molecule has 0 saturated carbocycles. The number of hydrogen-bond acceptors (Lipinski definition) is 4. The topological polar surface area (TPSA) is 68.4 Å². The van der Waals surface area contributed by atoms with Gasteiger partial charge in [0, 0.05) is 11.3 Å². The van der Waals surface area contributed by atoms with E-state index < -0.39 is 5.97 Å². The van der Waals surface area contributed by atoms with Crippen molar-refractivity contribution in [1.29, 1.82) is 0 Å². The predicted molar refractivity (Wildman–Crippen MR) is 87.2 cm³/mol. The number of ether oxygens (including phenoxy) is 2. The first kappa shape index (κ1) is 16.8. The number of H-pyrrole nitrogens is 1. The highest BCUT2D eigenvalue weighted by atomic mass is 16.5. The van der Waals surface area contributed by atoms with Crippen LogP contribution in [0, 0.1) is 20.8 Å². The summed E-state index contributed by atoms with van der Waals surface area (Å²) in [5.74, 6) is 0.0133. The lowest BCUT2D eigenvalue weighted by molar-refractivity contribution is 0.0519. The van der Waals surface area contributed by atoms with E-state index in [1.54, 1.807) is 20.8 Å². The van der Waals surface area contributed by atoms with E-state index in [9.17, 15) is 9.59 Å². The van der Waals surface area contributed by atoms with Crippen LogP contribution in [0.3, 0.4) is 0 Å². The smallest absolute Gasteiger partial charge is 0.355 e. The van der Waals surface area contributed by atoms with Crippen LogP contribution < -0.4 is 4.74 Å². The Hall–Kier alpha value is -2.56. The van der Waals surface area contributed by atoms with E-state index in [1.165, 1.54) is 0 Å². The van der Waals surface area contributed by atoms with Crippen molar-refractivity contribution in [2.75, 3.05) is 13.2 Å². The molecule has 0 spiro atoms. The summed E-state index contributed by atoms with van der Waals surface area (Å²) in [6.45, 7) is 7.42. The molecule has 1 N–H and O–H groups in total. The molecule has 0 amide bonds. The molecule has 0 aliphatic heterocycles. The molecule has 5 nitrogen and oxygen atoms in total. The van der Waals surface area contributed by atoms with Crippen molar-refractivity contribution in [1.82, 2.24) is 4.98 Å². The molecule has 5 heteroatoms. The molecule has 0 fully saturated rings. The Bertz CT molecular complexity index is 713. The standard InChI is InChI=1S/C18H21NO4/c1-5-22-18(21)17-12(3)16(13(4)19-17)15(20)10-23-14-8-6-11(2)7-9-14/h6-9,19H,5,10H2,1-4H3. The van der Waals surface area contributed by atoms with Gasteiger partial charge in [-0.2, -0.15) is 0 Å². The third-order valence-corrected chi connectivity index (χ3v) is 3.59. The molecule has 0 aliphatic carbocycles. The molecule has 2 rings (SSSR count). The number of aromatic nitrogens is 1. The Morgan fingerprint density at radius 2 is 1.74 bits per heavy atom. The highest BCUT2D eigenvalue weighted by Crippen LogP contribution is 2.20. The van der Waals surface area contributed by atoms with Crippen LogP contribution in [0.4, 0.5) is 0 Å². The Balaban J connectivity index is 2.13. The minimum absolute atomic E-state index is 0.0785. The Morgan fingerprint density at radius 3 is 2.35 bits per heavy atom. The number of aromatic amines is 1. The van der Waals surface area contributed by atoms with E-state index in [0.717, 1.165) is 5.56 Å². The van der Waals surface area contributed by atoms with Crippen LogP contribution in [-0.4, -0.2) is 30.0 Å². The van der Waals surface area contributed by atoms with Gasteiger partial charge >= 0.3 is 5.97 Å². The van der Waals surface area contributed by atoms with Gasteiger partial charge in [0.1, 0.15) is 11.4 Å². The Kier molecular flexibility index (Phi) is 5.21. The van der Waals surface area contributed by atoms with Crippen LogP contribution in [0.1, 0.15) is 44.6 Å². The molecule has 0 radical (unpaired) electrons. The monoisotopic (exact) mass is 315 g/mol. The van der Waals surface area contributed by atoms with Gasteiger partial charge in [-0.15, -0.1) is 0 Å².